The second kappa shape index (κ2) is 14.5. The second-order valence-corrected chi connectivity index (χ2v) is 14.2. The van der Waals surface area contributed by atoms with E-state index in [-0.39, 0.29) is 23.4 Å². The summed E-state index contributed by atoms with van der Waals surface area (Å²) in [6.45, 7) is 1.85. The van der Waals surface area contributed by atoms with Crippen LogP contribution in [0.15, 0.2) is 42.5 Å². The Kier molecular flexibility index (Phi) is 10.4. The Bertz CT molecular complexity index is 2320. The molecule has 3 N–H and O–H groups in total. The maximum absolute atomic E-state index is 14.9. The highest BCUT2D eigenvalue weighted by molar-refractivity contribution is 7.99. The van der Waals surface area contributed by atoms with E-state index in [0.717, 1.165) is 12.1 Å². The molecule has 0 bridgehead atoms. The third kappa shape index (κ3) is 8.01. The SMILES string of the molecule is CSNc1nn(C)c2c(-c3ccc(C#CC(C)(C)O)nc3C(Cc3cc(F)cc(F)c3)NC(=O)Cn3nc(C(F)(F)F)c4c3C(F)(F)CC4)ccc(Cl)c12. The first kappa shape index (κ1) is 38.9. The molecule has 3 heterocycles. The van der Waals surface area contributed by atoms with E-state index in [4.69, 9.17) is 16.6 Å². The van der Waals surface area contributed by atoms with Gasteiger partial charge < -0.3 is 15.1 Å². The number of pyridine rings is 1. The van der Waals surface area contributed by atoms with Crippen LogP contribution in [-0.4, -0.2) is 47.4 Å². The summed E-state index contributed by atoms with van der Waals surface area (Å²) in [7, 11) is 1.67. The number of carbonyl (C=O) groups is 1. The Morgan fingerprint density at radius 2 is 1.78 bits per heavy atom. The number of nitrogens with zero attached hydrogens (tertiary/aromatic N) is 5. The number of aryl methyl sites for hydroxylation is 1. The summed E-state index contributed by atoms with van der Waals surface area (Å²) in [5.74, 6) is -0.722. The Hall–Kier alpha value is -4.79. The molecule has 18 heteroatoms. The van der Waals surface area contributed by atoms with Crippen molar-refractivity contribution in [1.29, 1.82) is 0 Å². The number of alkyl halides is 5. The maximum atomic E-state index is 14.9. The van der Waals surface area contributed by atoms with Crippen molar-refractivity contribution in [3.05, 3.63) is 93.0 Å². The first-order chi connectivity index (χ1) is 25.3. The number of hydrogen-bond acceptors (Lipinski definition) is 7. The molecule has 1 aliphatic rings. The van der Waals surface area contributed by atoms with Crippen LogP contribution in [0.2, 0.25) is 5.02 Å². The van der Waals surface area contributed by atoms with Crippen LogP contribution in [0.25, 0.3) is 22.0 Å². The zero-order valence-corrected chi connectivity index (χ0v) is 30.5. The second-order valence-electron chi connectivity index (χ2n) is 13.2. The Balaban J connectivity index is 1.53. The minimum Gasteiger partial charge on any atom is -0.378 e. The van der Waals surface area contributed by atoms with Crippen LogP contribution in [0, 0.1) is 23.5 Å². The fourth-order valence-electron chi connectivity index (χ4n) is 6.46. The first-order valence-corrected chi connectivity index (χ1v) is 17.9. The van der Waals surface area contributed by atoms with Crippen LogP contribution >= 0.6 is 23.5 Å². The highest BCUT2D eigenvalue weighted by Gasteiger charge is 2.50. The number of carbonyl (C=O) groups excluding carboxylic acids is 1. The lowest BCUT2D eigenvalue weighted by Crippen LogP contribution is -2.35. The van der Waals surface area contributed by atoms with Crippen molar-refractivity contribution in [2.75, 3.05) is 11.0 Å². The Labute approximate surface area is 313 Å². The van der Waals surface area contributed by atoms with Crippen molar-refractivity contribution in [3.8, 4) is 23.0 Å². The van der Waals surface area contributed by atoms with E-state index in [1.54, 1.807) is 42.3 Å². The van der Waals surface area contributed by atoms with Gasteiger partial charge >= 0.3 is 6.18 Å². The van der Waals surface area contributed by atoms with E-state index in [1.165, 1.54) is 25.8 Å². The van der Waals surface area contributed by atoms with Crippen molar-refractivity contribution >= 4 is 46.2 Å². The van der Waals surface area contributed by atoms with Gasteiger partial charge in [0.25, 0.3) is 5.92 Å². The quantitative estimate of drug-likeness (QED) is 0.0797. The third-order valence-electron chi connectivity index (χ3n) is 8.52. The summed E-state index contributed by atoms with van der Waals surface area (Å²) in [6.07, 6.45) is -5.07. The van der Waals surface area contributed by atoms with Gasteiger partial charge in [-0.2, -0.15) is 32.1 Å². The molecule has 2 aromatic carbocycles. The topological polar surface area (TPSA) is 110 Å². The van der Waals surface area contributed by atoms with Crippen LogP contribution < -0.4 is 10.0 Å². The lowest BCUT2D eigenvalue weighted by Gasteiger charge is -2.23. The molecule has 0 saturated heterocycles. The molecule has 1 aliphatic carbocycles. The number of anilines is 1. The molecule has 1 atom stereocenters. The molecule has 0 saturated carbocycles. The average Bonchev–Trinajstić information content (AvgIpc) is 3.71. The standard InChI is InChI=1S/C36H31ClF7N7O2S/c1-34(2,53)11-9-21-5-6-22(23-7-8-25(37)28-30(23)50(3)48-33(28)49-54-4)29(45-21)26(15-18-13-19(38)16-20(39)14-18)46-27(52)17-51-32-24(10-12-35(32,40)41)31(47-51)36(42,43)44/h5-8,13-14,16,26,53H,10,12,15,17H2,1-4H3,(H,46,52)(H,48,49). The predicted octanol–water partition coefficient (Wildman–Crippen LogP) is 7.73. The normalized spacial score (nSPS) is 14.5. The fourth-order valence-corrected chi connectivity index (χ4v) is 7.04. The van der Waals surface area contributed by atoms with Crippen LogP contribution in [0.5, 0.6) is 0 Å². The molecule has 284 valence electrons. The highest BCUT2D eigenvalue weighted by Crippen LogP contribution is 2.46. The molecule has 1 unspecified atom stereocenters. The number of rotatable bonds is 9. The summed E-state index contributed by atoms with van der Waals surface area (Å²) < 4.78 is 105. The monoisotopic (exact) mass is 793 g/mol. The van der Waals surface area contributed by atoms with Gasteiger partial charge in [0.1, 0.15) is 35.2 Å². The summed E-state index contributed by atoms with van der Waals surface area (Å²) in [5.41, 5.74) is -3.03. The van der Waals surface area contributed by atoms with Gasteiger partial charge in [-0.15, -0.1) is 0 Å². The van der Waals surface area contributed by atoms with E-state index in [2.05, 4.69) is 32.1 Å². The molecule has 9 nitrogen and oxygen atoms in total. The van der Waals surface area contributed by atoms with Crippen LogP contribution in [0.3, 0.4) is 0 Å². The molecule has 1 amide bonds. The molecule has 0 fully saturated rings. The Morgan fingerprint density at radius 1 is 1.09 bits per heavy atom. The van der Waals surface area contributed by atoms with Crippen molar-refractivity contribution in [1.82, 2.24) is 29.9 Å². The van der Waals surface area contributed by atoms with Gasteiger partial charge in [-0.05, 0) is 68.5 Å². The molecule has 6 rings (SSSR count). The lowest BCUT2D eigenvalue weighted by molar-refractivity contribution is -0.142. The number of benzene rings is 2. The molecular weight excluding hydrogens is 763 g/mol. The van der Waals surface area contributed by atoms with Gasteiger partial charge in [0.05, 0.1) is 27.7 Å². The van der Waals surface area contributed by atoms with E-state index in [0.29, 0.717) is 43.6 Å². The van der Waals surface area contributed by atoms with Gasteiger partial charge in [-0.25, -0.2) is 13.8 Å². The van der Waals surface area contributed by atoms with Crippen LogP contribution in [0.4, 0.5) is 36.6 Å². The van der Waals surface area contributed by atoms with Crippen molar-refractivity contribution < 1.29 is 40.6 Å². The average molecular weight is 794 g/mol. The van der Waals surface area contributed by atoms with Gasteiger partial charge in [0, 0.05) is 42.5 Å². The maximum Gasteiger partial charge on any atom is 0.435 e. The minimum atomic E-state index is -5.05. The summed E-state index contributed by atoms with van der Waals surface area (Å²) >= 11 is 7.91. The fraction of sp³-hybridized carbons (Fsp3) is 0.333. The van der Waals surface area contributed by atoms with Crippen LogP contribution in [0.1, 0.15) is 60.2 Å². The molecule has 0 spiro atoms. The number of halogens is 8. The zero-order valence-electron chi connectivity index (χ0n) is 29.0. The molecule has 0 aliphatic heterocycles. The largest absolute Gasteiger partial charge is 0.435 e. The van der Waals surface area contributed by atoms with Crippen molar-refractivity contribution in [3.63, 3.8) is 0 Å². The molecular formula is C36H31ClF7N7O2S. The van der Waals surface area contributed by atoms with Gasteiger partial charge in [0.15, 0.2) is 11.5 Å². The number of aliphatic hydroxyl groups is 1. The van der Waals surface area contributed by atoms with E-state index >= 15 is 0 Å². The Morgan fingerprint density at radius 3 is 2.43 bits per heavy atom. The summed E-state index contributed by atoms with van der Waals surface area (Å²) in [5, 5.41) is 21.7. The minimum absolute atomic E-state index is 0.0534. The van der Waals surface area contributed by atoms with Gasteiger partial charge in [-0.3, -0.25) is 14.2 Å². The molecule has 3 aromatic heterocycles. The van der Waals surface area contributed by atoms with Gasteiger partial charge in [-0.1, -0.05) is 35.5 Å². The van der Waals surface area contributed by atoms with E-state index in [9.17, 15) is 40.6 Å². The predicted molar refractivity (Wildman–Crippen MR) is 190 cm³/mol. The van der Waals surface area contributed by atoms with E-state index in [1.807, 2.05) is 0 Å². The van der Waals surface area contributed by atoms with Crippen LogP contribution in [-0.2, 0) is 43.3 Å². The number of hydrogen-bond donors (Lipinski definition) is 3. The van der Waals surface area contributed by atoms with E-state index < -0.39 is 77.6 Å². The number of fused-ring (bicyclic) bond motifs is 2. The smallest absolute Gasteiger partial charge is 0.378 e. The van der Waals surface area contributed by atoms with Crippen molar-refractivity contribution in [2.45, 2.75) is 63.4 Å². The molecule has 5 aromatic rings. The number of aromatic nitrogens is 5. The highest BCUT2D eigenvalue weighted by atomic mass is 35.5. The number of nitrogens with one attached hydrogen (secondary N) is 2. The van der Waals surface area contributed by atoms with Crippen molar-refractivity contribution in [2.24, 2.45) is 7.05 Å². The zero-order chi connectivity index (χ0) is 39.3. The molecule has 0 radical (unpaired) electrons. The summed E-state index contributed by atoms with van der Waals surface area (Å²) in [4.78, 5) is 18.5. The van der Waals surface area contributed by atoms with Gasteiger partial charge in [0.2, 0.25) is 5.91 Å². The first-order valence-electron chi connectivity index (χ1n) is 16.3. The third-order valence-corrected chi connectivity index (χ3v) is 9.24. The molecule has 54 heavy (non-hydrogen) atoms. The summed E-state index contributed by atoms with van der Waals surface area (Å²) in [6, 6.07) is 7.86. The lowest BCUT2D eigenvalue weighted by atomic mass is 9.93. The number of amides is 1.